The number of ether oxygens (including phenoxy) is 1. The molecule has 0 spiro atoms. The Hall–Kier alpha value is -3.61. The molecule has 0 saturated heterocycles. The lowest BCUT2D eigenvalue weighted by molar-refractivity contribution is -0.119. The minimum Gasteiger partial charge on any atom is -0.452 e. The van der Waals surface area contributed by atoms with Gasteiger partial charge < -0.3 is 10.1 Å². The number of hydrogen-bond donors (Lipinski definition) is 1. The third kappa shape index (κ3) is 3.88. The molecule has 7 heteroatoms. The molecular formula is C21H21N3O4. The van der Waals surface area contributed by atoms with Crippen molar-refractivity contribution in [1.82, 2.24) is 9.36 Å². The zero-order valence-corrected chi connectivity index (χ0v) is 15.9. The van der Waals surface area contributed by atoms with Crippen LogP contribution < -0.4 is 10.9 Å². The van der Waals surface area contributed by atoms with E-state index in [0.29, 0.717) is 16.9 Å². The van der Waals surface area contributed by atoms with Crippen molar-refractivity contribution in [3.8, 4) is 5.69 Å². The van der Waals surface area contributed by atoms with Gasteiger partial charge in [0.25, 0.3) is 11.5 Å². The van der Waals surface area contributed by atoms with Crippen molar-refractivity contribution in [1.29, 1.82) is 0 Å². The molecular weight excluding hydrogens is 358 g/mol. The minimum absolute atomic E-state index is 0.155. The van der Waals surface area contributed by atoms with E-state index in [9.17, 15) is 14.4 Å². The Morgan fingerprint density at radius 1 is 1.00 bits per heavy atom. The first-order valence-corrected chi connectivity index (χ1v) is 8.76. The van der Waals surface area contributed by atoms with Crippen LogP contribution in [0.5, 0.6) is 0 Å². The maximum absolute atomic E-state index is 12.8. The summed E-state index contributed by atoms with van der Waals surface area (Å²) in [6, 6.07) is 16.0. The Balaban J connectivity index is 1.72. The molecule has 0 aliphatic carbocycles. The number of rotatable bonds is 5. The fraction of sp³-hybridized carbons (Fsp3) is 0.190. The summed E-state index contributed by atoms with van der Waals surface area (Å²) in [6.45, 7) is 3.16. The van der Waals surface area contributed by atoms with E-state index in [2.05, 4.69) is 5.32 Å². The lowest BCUT2D eigenvalue weighted by atomic mass is 10.1. The highest BCUT2D eigenvalue weighted by Gasteiger charge is 2.19. The van der Waals surface area contributed by atoms with Crippen molar-refractivity contribution in [3.63, 3.8) is 0 Å². The number of nitrogens with one attached hydrogen (secondary N) is 1. The number of esters is 1. The normalized spacial score (nSPS) is 10.5. The van der Waals surface area contributed by atoms with Gasteiger partial charge in [-0.3, -0.25) is 14.3 Å². The fourth-order valence-corrected chi connectivity index (χ4v) is 2.79. The fourth-order valence-electron chi connectivity index (χ4n) is 2.79. The van der Waals surface area contributed by atoms with Crippen LogP contribution in [-0.4, -0.2) is 27.8 Å². The monoisotopic (exact) mass is 379 g/mol. The summed E-state index contributed by atoms with van der Waals surface area (Å²) in [6.07, 6.45) is 0. The third-order valence-corrected chi connectivity index (χ3v) is 4.44. The Labute approximate surface area is 162 Å². The largest absolute Gasteiger partial charge is 0.452 e. The molecule has 28 heavy (non-hydrogen) atoms. The summed E-state index contributed by atoms with van der Waals surface area (Å²) < 4.78 is 8.16. The number of aryl methyl sites for hydroxylation is 1. The highest BCUT2D eigenvalue weighted by molar-refractivity contribution is 5.95. The highest BCUT2D eigenvalue weighted by atomic mass is 16.5. The van der Waals surface area contributed by atoms with Gasteiger partial charge in [0.15, 0.2) is 6.61 Å². The summed E-state index contributed by atoms with van der Waals surface area (Å²) >= 11 is 0. The van der Waals surface area contributed by atoms with Crippen LogP contribution in [0.3, 0.4) is 0 Å². The van der Waals surface area contributed by atoms with E-state index in [1.165, 1.54) is 4.68 Å². The van der Waals surface area contributed by atoms with Crippen LogP contribution in [0.25, 0.3) is 5.69 Å². The molecule has 0 atom stereocenters. The predicted octanol–water partition coefficient (Wildman–Crippen LogP) is 2.59. The van der Waals surface area contributed by atoms with Crippen LogP contribution in [0.15, 0.2) is 59.4 Å². The second-order valence-corrected chi connectivity index (χ2v) is 6.43. The number of carbonyl (C=O) groups is 2. The maximum atomic E-state index is 12.8. The molecule has 2 aromatic carbocycles. The zero-order valence-electron chi connectivity index (χ0n) is 15.9. The Bertz CT molecular complexity index is 1060. The highest BCUT2D eigenvalue weighted by Crippen LogP contribution is 2.14. The number of aromatic nitrogens is 2. The van der Waals surface area contributed by atoms with E-state index in [0.717, 1.165) is 5.56 Å². The molecule has 0 fully saturated rings. The number of para-hydroxylation sites is 1. The molecule has 0 aliphatic heterocycles. The quantitative estimate of drug-likeness (QED) is 0.691. The molecule has 3 aromatic rings. The number of hydrogen-bond acceptors (Lipinski definition) is 4. The summed E-state index contributed by atoms with van der Waals surface area (Å²) in [7, 11) is 1.73. The van der Waals surface area contributed by atoms with Crippen LogP contribution >= 0.6 is 0 Å². The molecule has 0 bridgehead atoms. The lowest BCUT2D eigenvalue weighted by Crippen LogP contribution is -2.25. The zero-order chi connectivity index (χ0) is 20.3. The van der Waals surface area contributed by atoms with Crippen LogP contribution in [0.4, 0.5) is 5.69 Å². The molecule has 0 radical (unpaired) electrons. The second kappa shape index (κ2) is 7.96. The van der Waals surface area contributed by atoms with Gasteiger partial charge in [-0.05, 0) is 38.1 Å². The van der Waals surface area contributed by atoms with Gasteiger partial charge in [0.2, 0.25) is 0 Å². The average Bonchev–Trinajstić information content (AvgIpc) is 2.90. The average molecular weight is 379 g/mol. The summed E-state index contributed by atoms with van der Waals surface area (Å²) in [4.78, 5) is 37.0. The van der Waals surface area contributed by atoms with Crippen molar-refractivity contribution in [3.05, 3.63) is 81.8 Å². The van der Waals surface area contributed by atoms with E-state index in [1.807, 2.05) is 25.1 Å². The van der Waals surface area contributed by atoms with E-state index in [-0.39, 0.29) is 11.2 Å². The lowest BCUT2D eigenvalue weighted by Gasteiger charge is -2.07. The standard InChI is InChI=1S/C21H21N3O4/c1-14-9-11-16(12-10-14)21(27)28-13-18(25)22-19-15(2)23(3)24(20(19)26)17-7-5-4-6-8-17/h4-12H,13H2,1-3H3,(H,22,25). The number of carbonyl (C=O) groups excluding carboxylic acids is 2. The minimum atomic E-state index is -0.596. The molecule has 0 unspecified atom stereocenters. The van der Waals surface area contributed by atoms with Gasteiger partial charge >= 0.3 is 5.97 Å². The van der Waals surface area contributed by atoms with Crippen molar-refractivity contribution in [2.75, 3.05) is 11.9 Å². The molecule has 1 N–H and O–H groups in total. The van der Waals surface area contributed by atoms with Crippen LogP contribution in [0.2, 0.25) is 0 Å². The van der Waals surface area contributed by atoms with Gasteiger partial charge in [0.1, 0.15) is 5.69 Å². The molecule has 1 amide bonds. The van der Waals surface area contributed by atoms with Crippen molar-refractivity contribution >= 4 is 17.6 Å². The molecule has 0 saturated carbocycles. The molecule has 144 valence electrons. The summed E-state index contributed by atoms with van der Waals surface area (Å²) in [5.41, 5.74) is 2.45. The second-order valence-electron chi connectivity index (χ2n) is 6.43. The van der Waals surface area contributed by atoms with Gasteiger partial charge in [-0.15, -0.1) is 0 Å². The topological polar surface area (TPSA) is 82.3 Å². The first-order chi connectivity index (χ1) is 13.4. The smallest absolute Gasteiger partial charge is 0.338 e. The van der Waals surface area contributed by atoms with Gasteiger partial charge in [0.05, 0.1) is 16.9 Å². The van der Waals surface area contributed by atoms with Crippen LogP contribution in [0.1, 0.15) is 21.6 Å². The van der Waals surface area contributed by atoms with E-state index in [4.69, 9.17) is 4.74 Å². The van der Waals surface area contributed by atoms with Gasteiger partial charge in [-0.25, -0.2) is 9.48 Å². The van der Waals surface area contributed by atoms with Crippen molar-refractivity contribution < 1.29 is 14.3 Å². The SMILES string of the molecule is Cc1ccc(C(=O)OCC(=O)Nc2c(C)n(C)n(-c3ccccc3)c2=O)cc1. The summed E-state index contributed by atoms with van der Waals surface area (Å²) in [5, 5.41) is 2.56. The maximum Gasteiger partial charge on any atom is 0.338 e. The number of anilines is 1. The van der Waals surface area contributed by atoms with Crippen molar-refractivity contribution in [2.45, 2.75) is 13.8 Å². The Kier molecular flexibility index (Phi) is 5.44. The van der Waals surface area contributed by atoms with Crippen molar-refractivity contribution in [2.24, 2.45) is 7.05 Å². The number of benzene rings is 2. The first-order valence-electron chi connectivity index (χ1n) is 8.76. The Morgan fingerprint density at radius 2 is 1.64 bits per heavy atom. The van der Waals surface area contributed by atoms with Gasteiger partial charge in [-0.2, -0.15) is 0 Å². The summed E-state index contributed by atoms with van der Waals surface area (Å²) in [5.74, 6) is -1.17. The molecule has 1 aromatic heterocycles. The Morgan fingerprint density at radius 3 is 2.29 bits per heavy atom. The van der Waals surface area contributed by atoms with Gasteiger partial charge in [-0.1, -0.05) is 35.9 Å². The van der Waals surface area contributed by atoms with Crippen LogP contribution in [-0.2, 0) is 16.6 Å². The molecule has 0 aliphatic rings. The predicted molar refractivity (Wildman–Crippen MR) is 106 cm³/mol. The van der Waals surface area contributed by atoms with Gasteiger partial charge in [0, 0.05) is 7.05 Å². The van der Waals surface area contributed by atoms with E-state index >= 15 is 0 Å². The van der Waals surface area contributed by atoms with E-state index in [1.54, 1.807) is 55.1 Å². The molecule has 7 nitrogen and oxygen atoms in total. The number of nitrogens with zero attached hydrogens (tertiary/aromatic N) is 2. The van der Waals surface area contributed by atoms with Crippen LogP contribution in [0, 0.1) is 13.8 Å². The first kappa shape index (κ1) is 19.2. The number of amides is 1. The van der Waals surface area contributed by atoms with E-state index < -0.39 is 18.5 Å². The third-order valence-electron chi connectivity index (χ3n) is 4.44. The molecule has 3 rings (SSSR count). The molecule has 1 heterocycles.